The molecule has 1 heterocycles. The van der Waals surface area contributed by atoms with Crippen LogP contribution in [0.25, 0.3) is 17.0 Å². The highest BCUT2D eigenvalue weighted by molar-refractivity contribution is 5.84. The Labute approximate surface area is 134 Å². The lowest BCUT2D eigenvalue weighted by Crippen LogP contribution is -2.01. The Morgan fingerprint density at radius 1 is 1.09 bits per heavy atom. The number of aryl methyl sites for hydroxylation is 2. The fourth-order valence-electron chi connectivity index (χ4n) is 2.54. The van der Waals surface area contributed by atoms with Crippen molar-refractivity contribution in [1.82, 2.24) is 0 Å². The Hall–Kier alpha value is -2.81. The average molecular weight is 306 g/mol. The maximum absolute atomic E-state index is 11.6. The predicted octanol–water partition coefficient (Wildman–Crippen LogP) is 4.50. The van der Waals surface area contributed by atoms with Crippen LogP contribution < -0.4 is 10.4 Å². The molecule has 0 amide bonds. The van der Waals surface area contributed by atoms with E-state index in [4.69, 9.17) is 9.15 Å². The number of ether oxygens (including phenoxy) is 1. The molecule has 0 aliphatic heterocycles. The first-order valence-electron chi connectivity index (χ1n) is 7.53. The summed E-state index contributed by atoms with van der Waals surface area (Å²) in [5.41, 5.74) is 3.15. The van der Waals surface area contributed by atoms with Crippen LogP contribution in [0.1, 0.15) is 16.7 Å². The van der Waals surface area contributed by atoms with Crippen LogP contribution in [-0.4, -0.2) is 6.61 Å². The maximum Gasteiger partial charge on any atom is 0.336 e. The summed E-state index contributed by atoms with van der Waals surface area (Å²) in [5.74, 6) is 0.726. The molecule has 0 fully saturated rings. The lowest BCUT2D eigenvalue weighted by Gasteiger charge is -2.10. The first-order chi connectivity index (χ1) is 11.1. The van der Waals surface area contributed by atoms with E-state index in [1.54, 1.807) is 0 Å². The van der Waals surface area contributed by atoms with Gasteiger partial charge in [-0.25, -0.2) is 4.79 Å². The lowest BCUT2D eigenvalue weighted by atomic mass is 10.1. The van der Waals surface area contributed by atoms with Crippen molar-refractivity contribution in [2.45, 2.75) is 13.8 Å². The molecule has 23 heavy (non-hydrogen) atoms. The summed E-state index contributed by atoms with van der Waals surface area (Å²) in [7, 11) is 0. The zero-order chi connectivity index (χ0) is 16.2. The van der Waals surface area contributed by atoms with E-state index in [0.717, 1.165) is 27.8 Å². The molecule has 3 nitrogen and oxygen atoms in total. The van der Waals surface area contributed by atoms with Crippen LogP contribution in [-0.2, 0) is 0 Å². The minimum atomic E-state index is -0.334. The number of rotatable bonds is 4. The van der Waals surface area contributed by atoms with E-state index in [-0.39, 0.29) is 5.63 Å². The zero-order valence-corrected chi connectivity index (χ0v) is 13.2. The number of hydrogen-bond donors (Lipinski definition) is 0. The predicted molar refractivity (Wildman–Crippen MR) is 92.9 cm³/mol. The van der Waals surface area contributed by atoms with Crippen LogP contribution in [0.4, 0.5) is 0 Å². The standard InChI is InChI=1S/C20H18O3/c1-14-13-19(21)23-20-15(2)18(11-10-17(14)20)22-12-6-9-16-7-4-3-5-8-16/h3-11,13H,12H2,1-2H3/b9-6+. The van der Waals surface area contributed by atoms with Crippen molar-refractivity contribution in [3.05, 3.63) is 81.7 Å². The van der Waals surface area contributed by atoms with Gasteiger partial charge in [0.15, 0.2) is 0 Å². The van der Waals surface area contributed by atoms with Gasteiger partial charge in [-0.1, -0.05) is 36.4 Å². The van der Waals surface area contributed by atoms with E-state index in [1.807, 2.05) is 68.5 Å². The Morgan fingerprint density at radius 3 is 2.65 bits per heavy atom. The number of fused-ring (bicyclic) bond motifs is 1. The summed E-state index contributed by atoms with van der Waals surface area (Å²) in [6.07, 6.45) is 3.98. The molecule has 0 atom stereocenters. The second-order valence-electron chi connectivity index (χ2n) is 5.44. The van der Waals surface area contributed by atoms with Crippen LogP contribution in [0.2, 0.25) is 0 Å². The van der Waals surface area contributed by atoms with E-state index in [9.17, 15) is 4.79 Å². The summed E-state index contributed by atoms with van der Waals surface area (Å²) in [4.78, 5) is 11.6. The fraction of sp³-hybridized carbons (Fsp3) is 0.150. The third-order valence-corrected chi connectivity index (χ3v) is 3.76. The van der Waals surface area contributed by atoms with Crippen LogP contribution in [0.15, 0.2) is 63.8 Å². The minimum absolute atomic E-state index is 0.334. The van der Waals surface area contributed by atoms with E-state index >= 15 is 0 Å². The van der Waals surface area contributed by atoms with Gasteiger partial charge in [0.05, 0.1) is 0 Å². The van der Waals surface area contributed by atoms with Gasteiger partial charge in [-0.2, -0.15) is 0 Å². The second kappa shape index (κ2) is 6.53. The SMILES string of the molecule is Cc1cc(=O)oc2c(C)c(OC/C=C/c3ccccc3)ccc12. The van der Waals surface area contributed by atoms with E-state index < -0.39 is 0 Å². The van der Waals surface area contributed by atoms with E-state index in [0.29, 0.717) is 12.2 Å². The summed E-state index contributed by atoms with van der Waals surface area (Å²) < 4.78 is 11.1. The van der Waals surface area contributed by atoms with Crippen molar-refractivity contribution in [3.63, 3.8) is 0 Å². The van der Waals surface area contributed by atoms with Crippen molar-refractivity contribution in [3.8, 4) is 5.75 Å². The zero-order valence-electron chi connectivity index (χ0n) is 13.2. The van der Waals surface area contributed by atoms with Crippen molar-refractivity contribution < 1.29 is 9.15 Å². The Bertz CT molecular complexity index is 905. The quantitative estimate of drug-likeness (QED) is 0.666. The second-order valence-corrected chi connectivity index (χ2v) is 5.44. The molecule has 0 unspecified atom stereocenters. The van der Waals surface area contributed by atoms with E-state index in [2.05, 4.69) is 0 Å². The Morgan fingerprint density at radius 2 is 1.87 bits per heavy atom. The molecule has 0 bridgehead atoms. The summed E-state index contributed by atoms with van der Waals surface area (Å²) in [5, 5.41) is 0.939. The van der Waals surface area contributed by atoms with Crippen LogP contribution in [0, 0.1) is 13.8 Å². The Kier molecular flexibility index (Phi) is 4.29. The van der Waals surface area contributed by atoms with Gasteiger partial charge >= 0.3 is 5.63 Å². The molecule has 0 aliphatic rings. The summed E-state index contributed by atoms with van der Waals surface area (Å²) in [6.45, 7) is 4.26. The molecular formula is C20H18O3. The van der Waals surface area contributed by atoms with E-state index in [1.165, 1.54) is 6.07 Å². The van der Waals surface area contributed by atoms with Gasteiger partial charge in [-0.05, 0) is 43.2 Å². The molecule has 2 aromatic carbocycles. The van der Waals surface area contributed by atoms with Gasteiger partial charge in [0.2, 0.25) is 0 Å². The molecule has 1 aromatic heterocycles. The van der Waals surface area contributed by atoms with Crippen molar-refractivity contribution >= 4 is 17.0 Å². The van der Waals surface area contributed by atoms with Gasteiger partial charge in [-0.15, -0.1) is 0 Å². The smallest absolute Gasteiger partial charge is 0.336 e. The normalized spacial score (nSPS) is 11.2. The topological polar surface area (TPSA) is 39.4 Å². The van der Waals surface area contributed by atoms with Crippen molar-refractivity contribution in [2.75, 3.05) is 6.61 Å². The van der Waals surface area contributed by atoms with Crippen molar-refractivity contribution in [1.29, 1.82) is 0 Å². The van der Waals surface area contributed by atoms with Gasteiger partial charge in [0.25, 0.3) is 0 Å². The molecule has 0 N–H and O–H groups in total. The highest BCUT2D eigenvalue weighted by Gasteiger charge is 2.09. The van der Waals surface area contributed by atoms with Crippen LogP contribution in [0.5, 0.6) is 5.75 Å². The fourth-order valence-corrected chi connectivity index (χ4v) is 2.54. The molecule has 116 valence electrons. The lowest BCUT2D eigenvalue weighted by molar-refractivity contribution is 0.360. The molecule has 3 rings (SSSR count). The van der Waals surface area contributed by atoms with Crippen LogP contribution in [0.3, 0.4) is 0 Å². The van der Waals surface area contributed by atoms with Crippen LogP contribution >= 0.6 is 0 Å². The third kappa shape index (κ3) is 3.34. The minimum Gasteiger partial charge on any atom is -0.489 e. The molecule has 0 spiro atoms. The monoisotopic (exact) mass is 306 g/mol. The van der Waals surface area contributed by atoms with Gasteiger partial charge in [-0.3, -0.25) is 0 Å². The van der Waals surface area contributed by atoms with Crippen molar-refractivity contribution in [2.24, 2.45) is 0 Å². The number of hydrogen-bond acceptors (Lipinski definition) is 3. The molecule has 0 saturated carbocycles. The largest absolute Gasteiger partial charge is 0.489 e. The first kappa shape index (κ1) is 15.1. The maximum atomic E-state index is 11.6. The average Bonchev–Trinajstić information content (AvgIpc) is 2.55. The molecule has 3 aromatic rings. The molecule has 0 saturated heterocycles. The van der Waals surface area contributed by atoms with Gasteiger partial charge in [0.1, 0.15) is 17.9 Å². The third-order valence-electron chi connectivity index (χ3n) is 3.76. The van der Waals surface area contributed by atoms with Gasteiger partial charge in [0, 0.05) is 17.0 Å². The summed E-state index contributed by atoms with van der Waals surface area (Å²) >= 11 is 0. The molecule has 3 heteroatoms. The molecule has 0 radical (unpaired) electrons. The van der Waals surface area contributed by atoms with Gasteiger partial charge < -0.3 is 9.15 Å². The highest BCUT2D eigenvalue weighted by atomic mass is 16.5. The summed E-state index contributed by atoms with van der Waals surface area (Å²) in [6, 6.07) is 15.4. The molecular weight excluding hydrogens is 288 g/mol. The first-order valence-corrected chi connectivity index (χ1v) is 7.53. The number of benzene rings is 2. The highest BCUT2D eigenvalue weighted by Crippen LogP contribution is 2.28. The Balaban J connectivity index is 1.80. The molecule has 0 aliphatic carbocycles.